The molecule has 1 aromatic carbocycles. The lowest BCUT2D eigenvalue weighted by molar-refractivity contribution is 0.766. The van der Waals surface area contributed by atoms with Gasteiger partial charge in [-0.3, -0.25) is 4.79 Å². The standard InChI is InChI=1S/C15H19NOS/c1-4-5-8-16(3)13-10-18-14-7-6-11(2)9-12(14)15(13)17/h6-7,9-10H,4-5,8H2,1-3H3. The van der Waals surface area contributed by atoms with Gasteiger partial charge in [-0.25, -0.2) is 0 Å². The lowest BCUT2D eigenvalue weighted by Gasteiger charge is -2.18. The lowest BCUT2D eigenvalue weighted by atomic mass is 10.1. The van der Waals surface area contributed by atoms with E-state index in [1.54, 1.807) is 11.3 Å². The Bertz CT molecular complexity index is 603. The van der Waals surface area contributed by atoms with Gasteiger partial charge in [0, 0.05) is 29.1 Å². The van der Waals surface area contributed by atoms with Gasteiger partial charge >= 0.3 is 0 Å². The smallest absolute Gasteiger partial charge is 0.211 e. The monoisotopic (exact) mass is 261 g/mol. The Balaban J connectivity index is 2.47. The summed E-state index contributed by atoms with van der Waals surface area (Å²) in [6, 6.07) is 6.08. The topological polar surface area (TPSA) is 20.3 Å². The first-order valence-electron chi connectivity index (χ1n) is 6.36. The molecule has 0 aliphatic heterocycles. The summed E-state index contributed by atoms with van der Waals surface area (Å²) < 4.78 is 1.07. The van der Waals surface area contributed by atoms with E-state index in [1.807, 2.05) is 31.5 Å². The molecule has 0 unspecified atom stereocenters. The van der Waals surface area contributed by atoms with Crippen molar-refractivity contribution < 1.29 is 0 Å². The largest absolute Gasteiger partial charge is 0.371 e. The van der Waals surface area contributed by atoms with E-state index in [4.69, 9.17) is 0 Å². The number of anilines is 1. The summed E-state index contributed by atoms with van der Waals surface area (Å²) in [6.07, 6.45) is 2.26. The molecule has 0 atom stereocenters. The van der Waals surface area contributed by atoms with E-state index < -0.39 is 0 Å². The van der Waals surface area contributed by atoms with Gasteiger partial charge in [0.1, 0.15) is 0 Å². The zero-order valence-corrected chi connectivity index (χ0v) is 12.0. The van der Waals surface area contributed by atoms with Crippen LogP contribution in [0.2, 0.25) is 0 Å². The van der Waals surface area contributed by atoms with Crippen LogP contribution in [0.5, 0.6) is 0 Å². The van der Waals surface area contributed by atoms with E-state index in [2.05, 4.69) is 17.9 Å². The average molecular weight is 261 g/mol. The molecule has 0 aliphatic carbocycles. The SMILES string of the molecule is CCCCN(C)c1csc2ccc(C)cc2c1=O. The highest BCUT2D eigenvalue weighted by molar-refractivity contribution is 7.16. The van der Waals surface area contributed by atoms with Crippen LogP contribution in [0.1, 0.15) is 25.3 Å². The van der Waals surface area contributed by atoms with Gasteiger partial charge in [0.15, 0.2) is 0 Å². The summed E-state index contributed by atoms with van der Waals surface area (Å²) in [4.78, 5) is 14.5. The van der Waals surface area contributed by atoms with Crippen LogP contribution in [0.3, 0.4) is 0 Å². The summed E-state index contributed by atoms with van der Waals surface area (Å²) in [5, 5.41) is 2.83. The number of aryl methyl sites for hydroxylation is 1. The third-order valence-electron chi connectivity index (χ3n) is 3.17. The van der Waals surface area contributed by atoms with Crippen LogP contribution in [0.25, 0.3) is 10.1 Å². The lowest BCUT2D eigenvalue weighted by Crippen LogP contribution is -2.24. The van der Waals surface area contributed by atoms with Crippen molar-refractivity contribution in [1.29, 1.82) is 0 Å². The molecule has 3 heteroatoms. The molecule has 0 saturated heterocycles. The summed E-state index contributed by atoms with van der Waals surface area (Å²) >= 11 is 1.65. The molecule has 1 heterocycles. The fraction of sp³-hybridized carbons (Fsp3) is 0.400. The van der Waals surface area contributed by atoms with Crippen LogP contribution in [-0.2, 0) is 0 Å². The van der Waals surface area contributed by atoms with Crippen molar-refractivity contribution in [1.82, 2.24) is 0 Å². The summed E-state index contributed by atoms with van der Waals surface area (Å²) in [7, 11) is 2.00. The number of hydrogen-bond acceptors (Lipinski definition) is 3. The fourth-order valence-electron chi connectivity index (χ4n) is 2.01. The number of unbranched alkanes of at least 4 members (excludes halogenated alkanes) is 1. The van der Waals surface area contributed by atoms with E-state index in [0.717, 1.165) is 40.7 Å². The van der Waals surface area contributed by atoms with Crippen molar-refractivity contribution in [2.24, 2.45) is 0 Å². The second-order valence-electron chi connectivity index (χ2n) is 4.72. The number of rotatable bonds is 4. The fourth-order valence-corrected chi connectivity index (χ4v) is 2.96. The second-order valence-corrected chi connectivity index (χ2v) is 5.64. The highest BCUT2D eigenvalue weighted by Crippen LogP contribution is 2.21. The Hall–Kier alpha value is -1.35. The molecule has 0 spiro atoms. The third-order valence-corrected chi connectivity index (χ3v) is 4.12. The summed E-state index contributed by atoms with van der Waals surface area (Å²) in [5.74, 6) is 0. The molecule has 0 bridgehead atoms. The van der Waals surface area contributed by atoms with Crippen molar-refractivity contribution in [2.75, 3.05) is 18.5 Å². The van der Waals surface area contributed by atoms with Gasteiger partial charge in [-0.1, -0.05) is 25.0 Å². The van der Waals surface area contributed by atoms with Gasteiger partial charge in [-0.15, -0.1) is 11.3 Å². The average Bonchev–Trinajstić information content (AvgIpc) is 2.37. The van der Waals surface area contributed by atoms with Crippen molar-refractivity contribution in [3.05, 3.63) is 39.4 Å². The van der Waals surface area contributed by atoms with Crippen molar-refractivity contribution in [2.45, 2.75) is 26.7 Å². The molecule has 18 heavy (non-hydrogen) atoms. The van der Waals surface area contributed by atoms with Crippen LogP contribution in [0.15, 0.2) is 28.4 Å². The molecule has 0 saturated carbocycles. The molecule has 2 aromatic rings. The van der Waals surface area contributed by atoms with Crippen molar-refractivity contribution >= 4 is 27.1 Å². The molecular weight excluding hydrogens is 242 g/mol. The quantitative estimate of drug-likeness (QED) is 0.834. The molecule has 0 fully saturated rings. The molecule has 0 aliphatic rings. The number of nitrogens with zero attached hydrogens (tertiary/aromatic N) is 1. The Labute approximate surface area is 112 Å². The minimum atomic E-state index is 0.158. The minimum Gasteiger partial charge on any atom is -0.371 e. The minimum absolute atomic E-state index is 0.158. The van der Waals surface area contributed by atoms with Gasteiger partial charge < -0.3 is 4.90 Å². The maximum absolute atomic E-state index is 12.5. The highest BCUT2D eigenvalue weighted by atomic mass is 32.1. The normalized spacial score (nSPS) is 10.8. The molecule has 1 aromatic heterocycles. The highest BCUT2D eigenvalue weighted by Gasteiger charge is 2.09. The predicted molar refractivity (Wildman–Crippen MR) is 81.0 cm³/mol. The van der Waals surface area contributed by atoms with Gasteiger partial charge in [0.05, 0.1) is 5.69 Å². The Morgan fingerprint density at radius 1 is 1.33 bits per heavy atom. The van der Waals surface area contributed by atoms with Gasteiger partial charge in [-0.2, -0.15) is 0 Å². The van der Waals surface area contributed by atoms with Crippen LogP contribution in [0.4, 0.5) is 5.69 Å². The summed E-state index contributed by atoms with van der Waals surface area (Å²) in [5.41, 5.74) is 2.12. The molecule has 0 N–H and O–H groups in total. The molecule has 96 valence electrons. The predicted octanol–water partition coefficient (Wildman–Crippen LogP) is 3.81. The Kier molecular flexibility index (Phi) is 4.02. The molecule has 0 radical (unpaired) electrons. The summed E-state index contributed by atoms with van der Waals surface area (Å²) in [6.45, 7) is 5.13. The maximum atomic E-state index is 12.5. The van der Waals surface area contributed by atoms with Crippen LogP contribution in [-0.4, -0.2) is 13.6 Å². The van der Waals surface area contributed by atoms with E-state index >= 15 is 0 Å². The maximum Gasteiger partial charge on any atom is 0.211 e. The second kappa shape index (κ2) is 5.53. The third kappa shape index (κ3) is 2.56. The molecule has 2 rings (SSSR count). The Morgan fingerprint density at radius 3 is 2.83 bits per heavy atom. The van der Waals surface area contributed by atoms with E-state index in [-0.39, 0.29) is 5.43 Å². The first-order chi connectivity index (χ1) is 8.63. The number of hydrogen-bond donors (Lipinski definition) is 0. The van der Waals surface area contributed by atoms with Crippen molar-refractivity contribution in [3.63, 3.8) is 0 Å². The first-order valence-corrected chi connectivity index (χ1v) is 7.24. The number of benzene rings is 1. The van der Waals surface area contributed by atoms with Gasteiger partial charge in [0.25, 0.3) is 0 Å². The van der Waals surface area contributed by atoms with E-state index in [0.29, 0.717) is 0 Å². The molecule has 2 nitrogen and oxygen atoms in total. The number of fused-ring (bicyclic) bond motifs is 1. The zero-order valence-electron chi connectivity index (χ0n) is 11.2. The van der Waals surface area contributed by atoms with E-state index in [1.165, 1.54) is 0 Å². The van der Waals surface area contributed by atoms with Crippen molar-refractivity contribution in [3.8, 4) is 0 Å². The zero-order chi connectivity index (χ0) is 13.1. The van der Waals surface area contributed by atoms with Crippen LogP contribution >= 0.6 is 11.3 Å². The van der Waals surface area contributed by atoms with Crippen LogP contribution in [0, 0.1) is 6.92 Å². The van der Waals surface area contributed by atoms with Crippen LogP contribution < -0.4 is 10.3 Å². The molecule has 0 amide bonds. The van der Waals surface area contributed by atoms with E-state index in [9.17, 15) is 4.79 Å². The Morgan fingerprint density at radius 2 is 2.11 bits per heavy atom. The first kappa shape index (κ1) is 13.1. The van der Waals surface area contributed by atoms with Gasteiger partial charge in [0.2, 0.25) is 5.43 Å². The van der Waals surface area contributed by atoms with Gasteiger partial charge in [-0.05, 0) is 25.5 Å². The molecular formula is C15H19NOS.